The minimum atomic E-state index is -0.588. The summed E-state index contributed by atoms with van der Waals surface area (Å²) in [5, 5.41) is 0. The zero-order valence-corrected chi connectivity index (χ0v) is 16.9. The Morgan fingerprint density at radius 2 is 1.63 bits per heavy atom. The Hall–Kier alpha value is -3.46. The summed E-state index contributed by atoms with van der Waals surface area (Å²) in [4.78, 5) is 25.6. The summed E-state index contributed by atoms with van der Waals surface area (Å²) in [7, 11) is 1.38. The number of esters is 1. The summed E-state index contributed by atoms with van der Waals surface area (Å²) in [6.07, 6.45) is 4.33. The van der Waals surface area contributed by atoms with Crippen molar-refractivity contribution in [1.82, 2.24) is 0 Å². The standard InChI is InChI=1S/C27H22O3/c1-30-26(29)19-12-10-18(11-13-19)16-27(17-22-8-4-5-9-24(22)25(27)28)23-14-20-6-2-3-7-21(20)15-23/h2-14H,15-17H2,1H3/t27-/m0/s1. The smallest absolute Gasteiger partial charge is 0.337 e. The van der Waals surface area contributed by atoms with Crippen molar-refractivity contribution < 1.29 is 14.3 Å². The molecular formula is C27H22O3. The SMILES string of the molecule is COC(=O)c1ccc(C[C@@]2(C3=Cc4ccccc4C3)Cc3ccccc3C2=O)cc1. The average Bonchev–Trinajstić information content (AvgIpc) is 3.34. The molecule has 3 aromatic rings. The van der Waals surface area contributed by atoms with E-state index in [1.54, 1.807) is 12.1 Å². The van der Waals surface area contributed by atoms with Gasteiger partial charge in [0.2, 0.25) is 0 Å². The Balaban J connectivity index is 1.56. The number of allylic oxidation sites excluding steroid dienone is 1. The van der Waals surface area contributed by atoms with Crippen LogP contribution in [0.25, 0.3) is 6.08 Å². The fraction of sp³-hybridized carbons (Fsp3) is 0.185. The van der Waals surface area contributed by atoms with Gasteiger partial charge in [-0.25, -0.2) is 4.79 Å². The number of hydrogen-bond donors (Lipinski definition) is 0. The van der Waals surface area contributed by atoms with E-state index in [1.165, 1.54) is 23.8 Å². The minimum absolute atomic E-state index is 0.203. The molecule has 2 aliphatic carbocycles. The molecule has 0 N–H and O–H groups in total. The van der Waals surface area contributed by atoms with E-state index in [4.69, 9.17) is 4.74 Å². The van der Waals surface area contributed by atoms with Crippen LogP contribution >= 0.6 is 0 Å². The number of carbonyl (C=O) groups is 2. The molecule has 3 nitrogen and oxygen atoms in total. The summed E-state index contributed by atoms with van der Waals surface area (Å²) >= 11 is 0. The highest BCUT2D eigenvalue weighted by molar-refractivity contribution is 6.08. The van der Waals surface area contributed by atoms with Gasteiger partial charge in [0.15, 0.2) is 5.78 Å². The third-order valence-corrected chi connectivity index (χ3v) is 6.45. The molecule has 0 unspecified atom stereocenters. The number of Topliss-reactive ketones (excluding diaryl/α,β-unsaturated/α-hetero) is 1. The molecule has 0 amide bonds. The molecule has 1 atom stereocenters. The van der Waals surface area contributed by atoms with E-state index in [-0.39, 0.29) is 11.8 Å². The summed E-state index contributed by atoms with van der Waals surface area (Å²) < 4.78 is 4.80. The number of carbonyl (C=O) groups excluding carboxylic acids is 2. The molecule has 0 spiro atoms. The third kappa shape index (κ3) is 2.89. The predicted octanol–water partition coefficient (Wildman–Crippen LogP) is 5.08. The van der Waals surface area contributed by atoms with E-state index in [0.29, 0.717) is 18.4 Å². The third-order valence-electron chi connectivity index (χ3n) is 6.45. The van der Waals surface area contributed by atoms with Crippen molar-refractivity contribution in [3.05, 3.63) is 112 Å². The Morgan fingerprint density at radius 3 is 2.33 bits per heavy atom. The first-order chi connectivity index (χ1) is 14.6. The molecule has 2 aliphatic rings. The van der Waals surface area contributed by atoms with E-state index in [1.807, 2.05) is 36.4 Å². The monoisotopic (exact) mass is 394 g/mol. The van der Waals surface area contributed by atoms with Gasteiger partial charge in [-0.1, -0.05) is 72.3 Å². The van der Waals surface area contributed by atoms with Gasteiger partial charge in [-0.15, -0.1) is 0 Å². The lowest BCUT2D eigenvalue weighted by molar-refractivity contribution is 0.0600. The van der Waals surface area contributed by atoms with Crippen molar-refractivity contribution in [1.29, 1.82) is 0 Å². The van der Waals surface area contributed by atoms with Crippen LogP contribution in [0.2, 0.25) is 0 Å². The van der Waals surface area contributed by atoms with Crippen LogP contribution in [0.4, 0.5) is 0 Å². The van der Waals surface area contributed by atoms with E-state index in [0.717, 1.165) is 23.1 Å². The van der Waals surface area contributed by atoms with Crippen molar-refractivity contribution in [2.24, 2.45) is 5.41 Å². The number of benzene rings is 3. The molecule has 0 heterocycles. The second-order valence-electron chi connectivity index (χ2n) is 8.16. The van der Waals surface area contributed by atoms with Gasteiger partial charge in [-0.3, -0.25) is 4.79 Å². The van der Waals surface area contributed by atoms with Crippen LogP contribution in [0.15, 0.2) is 78.4 Å². The Labute approximate surface area is 176 Å². The zero-order chi connectivity index (χ0) is 20.7. The van der Waals surface area contributed by atoms with E-state index in [9.17, 15) is 9.59 Å². The van der Waals surface area contributed by atoms with Crippen LogP contribution in [-0.4, -0.2) is 18.9 Å². The van der Waals surface area contributed by atoms with Crippen LogP contribution < -0.4 is 0 Å². The van der Waals surface area contributed by atoms with Crippen LogP contribution in [0.3, 0.4) is 0 Å². The van der Waals surface area contributed by atoms with Gasteiger partial charge in [-0.05, 0) is 53.6 Å². The molecule has 0 fully saturated rings. The Morgan fingerprint density at radius 1 is 0.933 bits per heavy atom. The number of rotatable bonds is 4. The van der Waals surface area contributed by atoms with Gasteiger partial charge in [0.25, 0.3) is 0 Å². The number of hydrogen-bond acceptors (Lipinski definition) is 3. The van der Waals surface area contributed by atoms with E-state index < -0.39 is 5.41 Å². The molecule has 0 aliphatic heterocycles. The van der Waals surface area contributed by atoms with Crippen molar-refractivity contribution in [3.8, 4) is 0 Å². The fourth-order valence-corrected chi connectivity index (χ4v) is 4.89. The number of fused-ring (bicyclic) bond motifs is 2. The maximum absolute atomic E-state index is 13.8. The van der Waals surface area contributed by atoms with Crippen molar-refractivity contribution in [2.45, 2.75) is 19.3 Å². The summed E-state index contributed by atoms with van der Waals surface area (Å²) in [5.74, 6) is -0.149. The second-order valence-corrected chi connectivity index (χ2v) is 8.16. The highest BCUT2D eigenvalue weighted by Crippen LogP contribution is 2.48. The van der Waals surface area contributed by atoms with Crippen LogP contribution in [0, 0.1) is 5.41 Å². The summed E-state index contributed by atoms with van der Waals surface area (Å²) in [6.45, 7) is 0. The highest BCUT2D eigenvalue weighted by atomic mass is 16.5. The first-order valence-electron chi connectivity index (χ1n) is 10.2. The van der Waals surface area contributed by atoms with Gasteiger partial charge in [-0.2, -0.15) is 0 Å². The lowest BCUT2D eigenvalue weighted by Crippen LogP contribution is -2.33. The Bertz CT molecular complexity index is 1190. The normalized spacial score (nSPS) is 19.2. The number of methoxy groups -OCH3 is 1. The molecule has 3 heteroatoms. The maximum Gasteiger partial charge on any atom is 0.337 e. The lowest BCUT2D eigenvalue weighted by Gasteiger charge is -2.30. The molecule has 0 bridgehead atoms. The first-order valence-corrected chi connectivity index (χ1v) is 10.2. The fourth-order valence-electron chi connectivity index (χ4n) is 4.89. The van der Waals surface area contributed by atoms with Gasteiger partial charge in [0.05, 0.1) is 18.1 Å². The number of ketones is 1. The van der Waals surface area contributed by atoms with Crippen molar-refractivity contribution in [3.63, 3.8) is 0 Å². The summed E-state index contributed by atoms with van der Waals surface area (Å²) in [5.41, 5.74) is 6.58. The first kappa shape index (κ1) is 18.6. The topological polar surface area (TPSA) is 43.4 Å². The molecular weight excluding hydrogens is 372 g/mol. The summed E-state index contributed by atoms with van der Waals surface area (Å²) in [6, 6.07) is 23.7. The largest absolute Gasteiger partial charge is 0.465 e. The molecule has 30 heavy (non-hydrogen) atoms. The molecule has 3 aromatic carbocycles. The van der Waals surface area contributed by atoms with Gasteiger partial charge in [0.1, 0.15) is 0 Å². The van der Waals surface area contributed by atoms with Gasteiger partial charge in [0, 0.05) is 5.56 Å². The molecule has 0 aromatic heterocycles. The van der Waals surface area contributed by atoms with E-state index >= 15 is 0 Å². The van der Waals surface area contributed by atoms with Crippen molar-refractivity contribution >= 4 is 17.8 Å². The number of ether oxygens (including phenoxy) is 1. The quantitative estimate of drug-likeness (QED) is 0.580. The molecule has 0 saturated heterocycles. The molecule has 148 valence electrons. The Kier molecular flexibility index (Phi) is 4.39. The molecule has 0 saturated carbocycles. The predicted molar refractivity (Wildman–Crippen MR) is 117 cm³/mol. The maximum atomic E-state index is 13.8. The van der Waals surface area contributed by atoms with Crippen LogP contribution in [0.1, 0.15) is 43.0 Å². The lowest BCUT2D eigenvalue weighted by atomic mass is 9.71. The zero-order valence-electron chi connectivity index (χ0n) is 16.9. The van der Waals surface area contributed by atoms with E-state index in [2.05, 4.69) is 30.3 Å². The molecule has 0 radical (unpaired) electrons. The van der Waals surface area contributed by atoms with Gasteiger partial charge < -0.3 is 4.74 Å². The van der Waals surface area contributed by atoms with Crippen LogP contribution in [-0.2, 0) is 24.0 Å². The van der Waals surface area contributed by atoms with Crippen molar-refractivity contribution in [2.75, 3.05) is 7.11 Å². The average molecular weight is 394 g/mol. The minimum Gasteiger partial charge on any atom is -0.465 e. The van der Waals surface area contributed by atoms with Crippen LogP contribution in [0.5, 0.6) is 0 Å². The van der Waals surface area contributed by atoms with Gasteiger partial charge >= 0.3 is 5.97 Å². The molecule has 5 rings (SSSR count). The second kappa shape index (κ2) is 7.10. The highest BCUT2D eigenvalue weighted by Gasteiger charge is 2.48.